The van der Waals surface area contributed by atoms with Crippen LogP contribution in [-0.4, -0.2) is 11.0 Å². The summed E-state index contributed by atoms with van der Waals surface area (Å²) in [5.41, 5.74) is 7.76. The Morgan fingerprint density at radius 1 is 1.50 bits per heavy atom. The molecule has 0 bridgehead atoms. The summed E-state index contributed by atoms with van der Waals surface area (Å²) in [5, 5.41) is 2.01. The topological polar surface area (TPSA) is 38.9 Å². The Kier molecular flexibility index (Phi) is 4.37. The number of nitrogens with zero attached hydrogens (tertiary/aromatic N) is 1. The molecule has 1 atom stereocenters. The second kappa shape index (κ2) is 5.82. The van der Waals surface area contributed by atoms with Gasteiger partial charge < -0.3 is 5.73 Å². The van der Waals surface area contributed by atoms with Crippen LogP contribution >= 0.6 is 23.1 Å². The molecular weight excluding hydrogens is 267 g/mol. The maximum atomic E-state index is 13.3. The molecule has 0 amide bonds. The molecule has 1 unspecified atom stereocenters. The molecule has 1 heterocycles. The Hall–Kier alpha value is -0.910. The summed E-state index contributed by atoms with van der Waals surface area (Å²) in [6.07, 6.45) is 0.671. The van der Waals surface area contributed by atoms with E-state index in [0.29, 0.717) is 6.42 Å². The van der Waals surface area contributed by atoms with Crippen molar-refractivity contribution in [2.75, 3.05) is 0 Å². The van der Waals surface area contributed by atoms with Crippen molar-refractivity contribution in [2.45, 2.75) is 35.5 Å². The lowest BCUT2D eigenvalue weighted by molar-refractivity contribution is 0.620. The summed E-state index contributed by atoms with van der Waals surface area (Å²) < 4.78 is 14.3. The predicted octanol–water partition coefficient (Wildman–Crippen LogP) is 3.63. The molecule has 0 aliphatic rings. The molecule has 18 heavy (non-hydrogen) atoms. The smallest absolute Gasteiger partial charge is 0.154 e. The minimum absolute atomic E-state index is 0.0178. The van der Waals surface area contributed by atoms with Gasteiger partial charge in [0.05, 0.1) is 0 Å². The lowest BCUT2D eigenvalue weighted by Crippen LogP contribution is -2.18. The zero-order valence-corrected chi connectivity index (χ0v) is 11.9. The molecule has 2 rings (SSSR count). The zero-order valence-electron chi connectivity index (χ0n) is 10.3. The van der Waals surface area contributed by atoms with Crippen molar-refractivity contribution in [1.82, 2.24) is 4.98 Å². The number of thiazole rings is 1. The monoisotopic (exact) mass is 282 g/mol. The molecule has 2 N–H and O–H groups in total. The van der Waals surface area contributed by atoms with Crippen molar-refractivity contribution in [1.29, 1.82) is 0 Å². The molecule has 0 radical (unpaired) electrons. The van der Waals surface area contributed by atoms with Crippen LogP contribution in [0.4, 0.5) is 4.39 Å². The van der Waals surface area contributed by atoms with Gasteiger partial charge in [0.1, 0.15) is 5.82 Å². The quantitative estimate of drug-likeness (QED) is 0.930. The third kappa shape index (κ3) is 3.54. The van der Waals surface area contributed by atoms with Crippen LogP contribution in [0.3, 0.4) is 0 Å². The van der Waals surface area contributed by atoms with Crippen LogP contribution in [-0.2, 0) is 6.42 Å². The summed E-state index contributed by atoms with van der Waals surface area (Å²) in [5.74, 6) is -0.217. The Labute approximate surface area is 114 Å². The minimum atomic E-state index is -0.217. The van der Waals surface area contributed by atoms with Crippen LogP contribution in [0.25, 0.3) is 0 Å². The fourth-order valence-corrected chi connectivity index (χ4v) is 3.54. The molecule has 1 aromatic heterocycles. The second-order valence-electron chi connectivity index (χ2n) is 4.29. The first kappa shape index (κ1) is 13.5. The van der Waals surface area contributed by atoms with E-state index < -0.39 is 0 Å². The van der Waals surface area contributed by atoms with E-state index in [-0.39, 0.29) is 11.9 Å². The fraction of sp³-hybridized carbons (Fsp3) is 0.308. The van der Waals surface area contributed by atoms with E-state index in [1.165, 1.54) is 6.07 Å². The normalized spacial score (nSPS) is 12.7. The average Bonchev–Trinajstić information content (AvgIpc) is 2.67. The van der Waals surface area contributed by atoms with Crippen LogP contribution in [0.2, 0.25) is 0 Å². The van der Waals surface area contributed by atoms with E-state index in [9.17, 15) is 4.39 Å². The van der Waals surface area contributed by atoms with Gasteiger partial charge in [0.2, 0.25) is 0 Å². The molecule has 1 aromatic carbocycles. The van der Waals surface area contributed by atoms with E-state index in [2.05, 4.69) is 4.98 Å². The molecule has 5 heteroatoms. The van der Waals surface area contributed by atoms with Gasteiger partial charge in [-0.05, 0) is 44.0 Å². The van der Waals surface area contributed by atoms with Gasteiger partial charge in [0.15, 0.2) is 4.34 Å². The van der Waals surface area contributed by atoms with Gasteiger partial charge in [-0.2, -0.15) is 0 Å². The highest BCUT2D eigenvalue weighted by molar-refractivity contribution is 8.01. The van der Waals surface area contributed by atoms with E-state index in [1.807, 2.05) is 19.2 Å². The van der Waals surface area contributed by atoms with Crippen molar-refractivity contribution in [3.05, 3.63) is 40.7 Å². The second-order valence-corrected chi connectivity index (χ2v) is 6.44. The van der Waals surface area contributed by atoms with Crippen LogP contribution in [0.1, 0.15) is 18.2 Å². The Bertz CT molecular complexity index is 538. The number of rotatable bonds is 4. The molecule has 0 aliphatic carbocycles. The predicted molar refractivity (Wildman–Crippen MR) is 74.7 cm³/mol. The molecule has 0 saturated carbocycles. The highest BCUT2D eigenvalue weighted by atomic mass is 32.2. The maximum Gasteiger partial charge on any atom is 0.154 e. The van der Waals surface area contributed by atoms with Crippen molar-refractivity contribution >= 4 is 23.1 Å². The molecule has 96 valence electrons. The van der Waals surface area contributed by atoms with Crippen LogP contribution in [0.15, 0.2) is 32.8 Å². The molecule has 2 nitrogen and oxygen atoms in total. The van der Waals surface area contributed by atoms with E-state index in [4.69, 9.17) is 5.73 Å². The van der Waals surface area contributed by atoms with Crippen molar-refractivity contribution in [3.63, 3.8) is 0 Å². The van der Waals surface area contributed by atoms with E-state index in [1.54, 1.807) is 35.2 Å². The molecule has 0 saturated heterocycles. The molecular formula is C13H15FN2S2. The van der Waals surface area contributed by atoms with E-state index in [0.717, 1.165) is 20.5 Å². The Balaban J connectivity index is 2.26. The van der Waals surface area contributed by atoms with Crippen molar-refractivity contribution in [3.8, 4) is 0 Å². The first-order valence-corrected chi connectivity index (χ1v) is 7.38. The van der Waals surface area contributed by atoms with E-state index >= 15 is 0 Å². The Morgan fingerprint density at radius 3 is 2.89 bits per heavy atom. The van der Waals surface area contributed by atoms with Gasteiger partial charge in [-0.15, -0.1) is 11.3 Å². The summed E-state index contributed by atoms with van der Waals surface area (Å²) in [6, 6.07) is 4.86. The highest BCUT2D eigenvalue weighted by Gasteiger charge is 2.10. The number of nitrogens with two attached hydrogens (primary N) is 1. The summed E-state index contributed by atoms with van der Waals surface area (Å²) >= 11 is 3.17. The van der Waals surface area contributed by atoms with Gasteiger partial charge in [0.25, 0.3) is 0 Å². The number of halogens is 1. The standard InChI is InChI=1S/C13H15FN2S2/c1-8(15)5-10-6-11(14)3-4-12(10)18-13-16-9(2)7-17-13/h3-4,6-8H,5,15H2,1-2H3. The largest absolute Gasteiger partial charge is 0.328 e. The van der Waals surface area contributed by atoms with Gasteiger partial charge in [-0.3, -0.25) is 0 Å². The zero-order chi connectivity index (χ0) is 13.1. The summed E-state index contributed by atoms with van der Waals surface area (Å²) in [6.45, 7) is 3.89. The first-order valence-electron chi connectivity index (χ1n) is 5.68. The SMILES string of the molecule is Cc1csc(Sc2ccc(F)cc2CC(C)N)n1. The van der Waals surface area contributed by atoms with Crippen LogP contribution in [0.5, 0.6) is 0 Å². The third-order valence-corrected chi connectivity index (χ3v) is 4.53. The number of aromatic nitrogens is 1. The van der Waals surface area contributed by atoms with Gasteiger partial charge in [-0.25, -0.2) is 9.37 Å². The number of hydrogen-bond donors (Lipinski definition) is 1. The molecule has 2 aromatic rings. The average molecular weight is 282 g/mol. The molecule has 0 fully saturated rings. The highest BCUT2D eigenvalue weighted by Crippen LogP contribution is 2.33. The van der Waals surface area contributed by atoms with Crippen molar-refractivity contribution < 1.29 is 4.39 Å². The molecule has 0 spiro atoms. The minimum Gasteiger partial charge on any atom is -0.328 e. The first-order chi connectivity index (χ1) is 8.54. The van der Waals surface area contributed by atoms with Gasteiger partial charge in [0, 0.05) is 22.0 Å². The number of benzene rings is 1. The molecule has 0 aliphatic heterocycles. The van der Waals surface area contributed by atoms with Crippen molar-refractivity contribution in [2.24, 2.45) is 5.73 Å². The summed E-state index contributed by atoms with van der Waals surface area (Å²) in [4.78, 5) is 5.44. The van der Waals surface area contributed by atoms with Crippen LogP contribution in [0, 0.1) is 12.7 Å². The lowest BCUT2D eigenvalue weighted by Gasteiger charge is -2.10. The van der Waals surface area contributed by atoms with Gasteiger partial charge in [-0.1, -0.05) is 11.8 Å². The third-order valence-electron chi connectivity index (χ3n) is 2.36. The van der Waals surface area contributed by atoms with Gasteiger partial charge >= 0.3 is 0 Å². The van der Waals surface area contributed by atoms with Crippen LogP contribution < -0.4 is 5.73 Å². The fourth-order valence-electron chi connectivity index (χ4n) is 1.63. The number of aryl methyl sites for hydroxylation is 1. The lowest BCUT2D eigenvalue weighted by atomic mass is 10.1. The maximum absolute atomic E-state index is 13.3. The Morgan fingerprint density at radius 2 is 2.28 bits per heavy atom. The number of hydrogen-bond acceptors (Lipinski definition) is 4. The summed E-state index contributed by atoms with van der Waals surface area (Å²) in [7, 11) is 0.